The predicted molar refractivity (Wildman–Crippen MR) is 132 cm³/mol. The lowest BCUT2D eigenvalue weighted by Gasteiger charge is -2.20. The number of hydrogen-bond donors (Lipinski definition) is 1. The van der Waals surface area contributed by atoms with Crippen LogP contribution in [-0.4, -0.2) is 28.1 Å². The fraction of sp³-hybridized carbons (Fsp3) is 0.160. The molecular formula is C25H22N4O3S2. The second-order valence-corrected chi connectivity index (χ2v) is 9.83. The van der Waals surface area contributed by atoms with Gasteiger partial charge in [-0.3, -0.25) is 15.1 Å². The number of nitrogens with one attached hydrogen (secondary N) is 1. The Labute approximate surface area is 205 Å². The van der Waals surface area contributed by atoms with Crippen LogP contribution in [0.15, 0.2) is 92.7 Å². The molecule has 0 saturated carbocycles. The summed E-state index contributed by atoms with van der Waals surface area (Å²) in [5.74, 6) is 1.45. The zero-order valence-corrected chi connectivity index (χ0v) is 20.0. The number of carbonyl (C=O) groups is 1. The van der Waals surface area contributed by atoms with Gasteiger partial charge < -0.3 is 9.42 Å². The number of hydroxylamine groups is 1. The van der Waals surface area contributed by atoms with Gasteiger partial charge in [-0.15, -0.1) is 23.1 Å². The van der Waals surface area contributed by atoms with E-state index in [1.54, 1.807) is 34.2 Å². The van der Waals surface area contributed by atoms with Gasteiger partial charge in [-0.05, 0) is 34.7 Å². The Morgan fingerprint density at radius 1 is 1.15 bits per heavy atom. The minimum Gasteiger partial charge on any atom is -0.337 e. The summed E-state index contributed by atoms with van der Waals surface area (Å²) in [5.41, 5.74) is 6.33. The average Bonchev–Trinajstić information content (AvgIpc) is 3.64. The van der Waals surface area contributed by atoms with Crippen molar-refractivity contribution in [2.24, 2.45) is 0 Å². The number of thioether (sulfide) groups is 1. The first-order valence-electron chi connectivity index (χ1n) is 10.7. The molecule has 3 heterocycles. The smallest absolute Gasteiger partial charge is 0.258 e. The van der Waals surface area contributed by atoms with Gasteiger partial charge in [-0.1, -0.05) is 53.7 Å². The van der Waals surface area contributed by atoms with Crippen molar-refractivity contribution in [3.63, 3.8) is 0 Å². The van der Waals surface area contributed by atoms with Gasteiger partial charge >= 0.3 is 0 Å². The maximum absolute atomic E-state index is 13.4. The minimum atomic E-state index is -0.410. The van der Waals surface area contributed by atoms with E-state index in [4.69, 9.17) is 9.36 Å². The summed E-state index contributed by atoms with van der Waals surface area (Å²) < 4.78 is 6.76. The molecule has 1 amide bonds. The highest BCUT2D eigenvalue weighted by molar-refractivity contribution is 8.00. The summed E-state index contributed by atoms with van der Waals surface area (Å²) in [6.07, 6.45) is 2.23. The Morgan fingerprint density at radius 2 is 1.94 bits per heavy atom. The quantitative estimate of drug-likeness (QED) is 0.252. The van der Waals surface area contributed by atoms with Gasteiger partial charge in [0.2, 0.25) is 5.89 Å². The Hall–Kier alpha value is -3.40. The van der Waals surface area contributed by atoms with E-state index in [2.05, 4.69) is 21.7 Å². The summed E-state index contributed by atoms with van der Waals surface area (Å²) in [4.78, 5) is 24.7. The minimum absolute atomic E-state index is 0.148. The molecule has 1 aliphatic heterocycles. The summed E-state index contributed by atoms with van der Waals surface area (Å²) in [6.45, 7) is 0. The largest absolute Gasteiger partial charge is 0.337 e. The summed E-state index contributed by atoms with van der Waals surface area (Å²) in [5, 5.41) is 6.16. The number of hydrogen-bond acceptors (Lipinski definition) is 8. The van der Waals surface area contributed by atoms with Crippen molar-refractivity contribution in [2.75, 3.05) is 7.11 Å². The molecule has 5 rings (SSSR count). The van der Waals surface area contributed by atoms with Crippen molar-refractivity contribution in [1.82, 2.24) is 20.5 Å². The predicted octanol–water partition coefficient (Wildman–Crippen LogP) is 5.67. The maximum Gasteiger partial charge on any atom is 0.258 e. The highest BCUT2D eigenvalue weighted by Gasteiger charge is 2.35. The molecule has 0 bridgehead atoms. The molecule has 1 atom stereocenters. The number of carbonyl (C=O) groups excluding carboxylic acids is 1. The van der Waals surface area contributed by atoms with E-state index < -0.39 is 6.04 Å². The second-order valence-electron chi connectivity index (χ2n) is 7.61. The van der Waals surface area contributed by atoms with Crippen LogP contribution in [-0.2, 0) is 10.6 Å². The first-order valence-corrected chi connectivity index (χ1v) is 12.5. The first-order chi connectivity index (χ1) is 16.7. The van der Waals surface area contributed by atoms with Gasteiger partial charge in [0, 0.05) is 18.2 Å². The lowest BCUT2D eigenvalue weighted by atomic mass is 10.0. The normalized spacial score (nSPS) is 15.4. The highest BCUT2D eigenvalue weighted by atomic mass is 32.2. The Morgan fingerprint density at radius 3 is 2.68 bits per heavy atom. The van der Waals surface area contributed by atoms with E-state index in [0.29, 0.717) is 29.5 Å². The monoisotopic (exact) mass is 490 g/mol. The molecule has 0 spiro atoms. The molecule has 1 unspecified atom stereocenters. The first kappa shape index (κ1) is 22.4. The van der Waals surface area contributed by atoms with Crippen LogP contribution in [0, 0.1) is 0 Å². The maximum atomic E-state index is 13.4. The number of aromatic nitrogens is 2. The van der Waals surface area contributed by atoms with Crippen LogP contribution in [0.5, 0.6) is 0 Å². The van der Waals surface area contributed by atoms with Gasteiger partial charge in [0.25, 0.3) is 5.91 Å². The summed E-state index contributed by atoms with van der Waals surface area (Å²) in [6, 6.07) is 21.3. The fourth-order valence-corrected chi connectivity index (χ4v) is 5.38. The Kier molecular flexibility index (Phi) is 6.75. The van der Waals surface area contributed by atoms with Gasteiger partial charge in [0.05, 0.1) is 22.8 Å². The molecule has 1 N–H and O–H groups in total. The summed E-state index contributed by atoms with van der Waals surface area (Å²) in [7, 11) is 1.54. The van der Waals surface area contributed by atoms with Crippen LogP contribution < -0.4 is 5.48 Å². The number of benzene rings is 2. The fourth-order valence-electron chi connectivity index (χ4n) is 3.75. The molecule has 7 nitrogen and oxygen atoms in total. The van der Waals surface area contributed by atoms with Gasteiger partial charge in [-0.25, -0.2) is 0 Å². The summed E-state index contributed by atoms with van der Waals surface area (Å²) >= 11 is 3.33. The van der Waals surface area contributed by atoms with E-state index in [9.17, 15) is 4.79 Å². The molecule has 34 heavy (non-hydrogen) atoms. The molecule has 4 aromatic rings. The molecule has 1 aliphatic rings. The van der Waals surface area contributed by atoms with Crippen LogP contribution in [0.3, 0.4) is 0 Å². The van der Waals surface area contributed by atoms with Gasteiger partial charge in [0.1, 0.15) is 6.04 Å². The molecule has 9 heteroatoms. The zero-order valence-electron chi connectivity index (χ0n) is 18.4. The lowest BCUT2D eigenvalue weighted by molar-refractivity contribution is 0.0760. The molecule has 172 valence electrons. The van der Waals surface area contributed by atoms with Crippen LogP contribution >= 0.6 is 23.1 Å². The molecule has 0 radical (unpaired) electrons. The van der Waals surface area contributed by atoms with Gasteiger partial charge in [0.15, 0.2) is 5.82 Å². The van der Waals surface area contributed by atoms with Crippen LogP contribution in [0.1, 0.15) is 34.5 Å². The Bertz CT molecular complexity index is 1270. The highest BCUT2D eigenvalue weighted by Crippen LogP contribution is 2.35. The second kappa shape index (κ2) is 10.3. The lowest BCUT2D eigenvalue weighted by Crippen LogP contribution is -2.27. The van der Waals surface area contributed by atoms with E-state index in [0.717, 1.165) is 16.8 Å². The topological polar surface area (TPSA) is 80.5 Å². The van der Waals surface area contributed by atoms with E-state index in [-0.39, 0.29) is 5.91 Å². The van der Waals surface area contributed by atoms with Gasteiger partial charge in [-0.2, -0.15) is 4.98 Å². The molecule has 0 aliphatic carbocycles. The van der Waals surface area contributed by atoms with Crippen molar-refractivity contribution < 1.29 is 14.2 Å². The molecule has 0 fully saturated rings. The third-order valence-electron chi connectivity index (χ3n) is 5.36. The van der Waals surface area contributed by atoms with Crippen molar-refractivity contribution in [3.05, 3.63) is 101 Å². The number of nitrogens with zero attached hydrogens (tertiary/aromatic N) is 3. The standard InChI is InChI=1S/C25H22N4O3S2/c1-31-27-20-14-21(24-26-22(28-32-24)16-34-23-8-5-13-33-23)29(15-20)25(30)19-11-9-18(10-12-19)17-6-3-2-4-7-17/h2-13,15,21,27H,14,16H2,1H3. The van der Waals surface area contributed by atoms with E-state index in [1.807, 2.05) is 66.0 Å². The van der Waals surface area contributed by atoms with E-state index in [1.165, 1.54) is 11.3 Å². The average molecular weight is 491 g/mol. The third kappa shape index (κ3) is 4.91. The van der Waals surface area contributed by atoms with Crippen LogP contribution in [0.4, 0.5) is 0 Å². The SMILES string of the molecule is CONC1=CN(C(=O)c2ccc(-c3ccccc3)cc2)C(c2nc(CSc3cccs3)no2)C1. The van der Waals surface area contributed by atoms with Crippen molar-refractivity contribution in [2.45, 2.75) is 22.4 Å². The van der Waals surface area contributed by atoms with Crippen LogP contribution in [0.2, 0.25) is 0 Å². The zero-order chi connectivity index (χ0) is 23.3. The van der Waals surface area contributed by atoms with Crippen molar-refractivity contribution >= 4 is 29.0 Å². The van der Waals surface area contributed by atoms with Crippen molar-refractivity contribution in [3.8, 4) is 11.1 Å². The number of thiophene rings is 1. The van der Waals surface area contributed by atoms with Crippen LogP contribution in [0.25, 0.3) is 11.1 Å². The molecule has 2 aromatic heterocycles. The Balaban J connectivity index is 1.34. The molecule has 0 saturated heterocycles. The number of amides is 1. The third-order valence-corrected chi connectivity index (χ3v) is 7.49. The van der Waals surface area contributed by atoms with Crippen molar-refractivity contribution in [1.29, 1.82) is 0 Å². The molecular weight excluding hydrogens is 468 g/mol. The molecule has 2 aromatic carbocycles. The van der Waals surface area contributed by atoms with E-state index >= 15 is 0 Å². The number of rotatable bonds is 8.